The van der Waals surface area contributed by atoms with Crippen LogP contribution in [-0.2, 0) is 21.1 Å². The molecule has 0 aromatic heterocycles. The van der Waals surface area contributed by atoms with E-state index in [4.69, 9.17) is 14.3 Å². The van der Waals surface area contributed by atoms with Gasteiger partial charge in [-0.25, -0.2) is 0 Å². The lowest BCUT2D eigenvalue weighted by Gasteiger charge is -2.15. The summed E-state index contributed by atoms with van der Waals surface area (Å²) in [5, 5.41) is 0. The van der Waals surface area contributed by atoms with Gasteiger partial charge in [-0.15, -0.1) is 0 Å². The third-order valence-electron chi connectivity index (χ3n) is 3.70. The SMILES string of the molecule is O=P(O)(O)[C@@H](CCCc1ccc(-c2ccccc2)cc1)S(=O)(=O)O. The molecular formula is C16H19O6PS. The molecule has 3 N–H and O–H groups in total. The summed E-state index contributed by atoms with van der Waals surface area (Å²) >= 11 is 0. The monoisotopic (exact) mass is 370 g/mol. The molecule has 1 atom stereocenters. The molecule has 2 rings (SSSR count). The van der Waals surface area contributed by atoms with Crippen LogP contribution in [0.15, 0.2) is 54.6 Å². The highest BCUT2D eigenvalue weighted by molar-refractivity contribution is 7.93. The molecule has 0 saturated carbocycles. The van der Waals surface area contributed by atoms with Crippen molar-refractivity contribution in [2.24, 2.45) is 0 Å². The third-order valence-corrected chi connectivity index (χ3v) is 7.25. The van der Waals surface area contributed by atoms with E-state index in [9.17, 15) is 13.0 Å². The molecule has 130 valence electrons. The predicted molar refractivity (Wildman–Crippen MR) is 92.2 cm³/mol. The first kappa shape index (κ1) is 18.8. The van der Waals surface area contributed by atoms with Gasteiger partial charge < -0.3 is 9.79 Å². The van der Waals surface area contributed by atoms with E-state index in [1.54, 1.807) is 0 Å². The van der Waals surface area contributed by atoms with Crippen molar-refractivity contribution in [1.82, 2.24) is 0 Å². The molecule has 0 aliphatic heterocycles. The van der Waals surface area contributed by atoms with Gasteiger partial charge in [-0.3, -0.25) is 9.12 Å². The van der Waals surface area contributed by atoms with Crippen LogP contribution in [0.2, 0.25) is 0 Å². The summed E-state index contributed by atoms with van der Waals surface area (Å²) in [6, 6.07) is 17.5. The first-order valence-corrected chi connectivity index (χ1v) is 10.5. The van der Waals surface area contributed by atoms with Gasteiger partial charge in [-0.1, -0.05) is 54.6 Å². The van der Waals surface area contributed by atoms with Gasteiger partial charge in [0.05, 0.1) is 0 Å². The molecule has 2 aromatic carbocycles. The highest BCUT2D eigenvalue weighted by atomic mass is 32.2. The van der Waals surface area contributed by atoms with Crippen molar-refractivity contribution in [1.29, 1.82) is 0 Å². The zero-order valence-corrected chi connectivity index (χ0v) is 14.5. The molecule has 0 aliphatic carbocycles. The Balaban J connectivity index is 1.99. The van der Waals surface area contributed by atoms with Gasteiger partial charge in [-0.2, -0.15) is 8.42 Å². The van der Waals surface area contributed by atoms with Gasteiger partial charge in [0.2, 0.25) is 0 Å². The molecule has 0 amide bonds. The quantitative estimate of drug-likeness (QED) is 0.510. The summed E-state index contributed by atoms with van der Waals surface area (Å²) in [5.74, 6) is 0. The van der Waals surface area contributed by atoms with Crippen LogP contribution < -0.4 is 0 Å². The van der Waals surface area contributed by atoms with Crippen molar-refractivity contribution in [3.8, 4) is 11.1 Å². The number of hydrogen-bond acceptors (Lipinski definition) is 3. The van der Waals surface area contributed by atoms with Crippen LogP contribution in [0.1, 0.15) is 18.4 Å². The maximum atomic E-state index is 11.2. The van der Waals surface area contributed by atoms with Crippen LogP contribution in [0.3, 0.4) is 0 Å². The minimum atomic E-state index is -4.90. The van der Waals surface area contributed by atoms with E-state index in [-0.39, 0.29) is 12.8 Å². The van der Waals surface area contributed by atoms with Crippen molar-refractivity contribution in [2.45, 2.75) is 24.3 Å². The Morgan fingerprint density at radius 2 is 1.46 bits per heavy atom. The van der Waals surface area contributed by atoms with Crippen LogP contribution in [0.25, 0.3) is 11.1 Å². The Morgan fingerprint density at radius 3 is 1.96 bits per heavy atom. The molecular weight excluding hydrogens is 351 g/mol. The van der Waals surface area contributed by atoms with Gasteiger partial charge in [-0.05, 0) is 36.0 Å². The summed E-state index contributed by atoms with van der Waals surface area (Å²) in [6.45, 7) is 0. The Morgan fingerprint density at radius 1 is 0.917 bits per heavy atom. The highest BCUT2D eigenvalue weighted by Gasteiger charge is 2.38. The molecule has 6 nitrogen and oxygen atoms in total. The van der Waals surface area contributed by atoms with E-state index in [0.717, 1.165) is 16.7 Å². The Kier molecular flexibility index (Phi) is 5.96. The van der Waals surface area contributed by atoms with Crippen LogP contribution in [0, 0.1) is 0 Å². The number of hydrogen-bond donors (Lipinski definition) is 3. The first-order chi connectivity index (χ1) is 11.2. The van der Waals surface area contributed by atoms with Gasteiger partial charge in [0, 0.05) is 0 Å². The topological polar surface area (TPSA) is 112 Å². The largest absolute Gasteiger partial charge is 0.346 e. The molecule has 0 radical (unpaired) electrons. The third kappa shape index (κ3) is 5.26. The molecule has 0 aliphatic rings. The van der Waals surface area contributed by atoms with E-state index in [0.29, 0.717) is 6.42 Å². The van der Waals surface area contributed by atoms with Gasteiger partial charge >= 0.3 is 7.60 Å². The van der Waals surface area contributed by atoms with Crippen molar-refractivity contribution < 1.29 is 27.3 Å². The van der Waals surface area contributed by atoms with Crippen LogP contribution in [-0.4, -0.2) is 27.7 Å². The average Bonchev–Trinajstić information content (AvgIpc) is 2.50. The fourth-order valence-electron chi connectivity index (χ4n) is 2.47. The number of rotatable bonds is 7. The van der Waals surface area contributed by atoms with Crippen molar-refractivity contribution in [3.63, 3.8) is 0 Å². The van der Waals surface area contributed by atoms with Crippen LogP contribution >= 0.6 is 7.60 Å². The maximum Gasteiger partial charge on any atom is 0.346 e. The second kappa shape index (κ2) is 7.59. The van der Waals surface area contributed by atoms with E-state index < -0.39 is 22.7 Å². The molecule has 0 heterocycles. The predicted octanol–water partition coefficient (Wildman–Crippen LogP) is 3.07. The molecule has 0 saturated heterocycles. The molecule has 2 aromatic rings. The van der Waals surface area contributed by atoms with E-state index in [1.807, 2.05) is 54.6 Å². The molecule has 0 unspecified atom stereocenters. The average molecular weight is 370 g/mol. The zero-order valence-electron chi connectivity index (χ0n) is 12.8. The summed E-state index contributed by atoms with van der Waals surface area (Å²) in [4.78, 5) is 16.0. The summed E-state index contributed by atoms with van der Waals surface area (Å²) in [5.41, 5.74) is 3.05. The molecule has 0 spiro atoms. The normalized spacial score (nSPS) is 13.6. The summed E-state index contributed by atoms with van der Waals surface area (Å²) in [7, 11) is -9.69. The van der Waals surface area contributed by atoms with Crippen molar-refractivity contribution in [2.75, 3.05) is 0 Å². The van der Waals surface area contributed by atoms with Gasteiger partial charge in [0.25, 0.3) is 10.1 Å². The van der Waals surface area contributed by atoms with Crippen LogP contribution in [0.5, 0.6) is 0 Å². The molecule has 0 fully saturated rings. The first-order valence-electron chi connectivity index (χ1n) is 7.34. The lowest BCUT2D eigenvalue weighted by molar-refractivity contribution is 0.360. The number of benzene rings is 2. The van der Waals surface area contributed by atoms with Crippen LogP contribution in [0.4, 0.5) is 0 Å². The smallest absolute Gasteiger partial charge is 0.323 e. The zero-order chi connectivity index (χ0) is 17.8. The standard InChI is InChI=1S/C16H19O6PS/c17-23(18,19)16(24(20,21)22)8-4-5-13-9-11-15(12-10-13)14-6-2-1-3-7-14/h1-3,6-7,9-12,16H,4-5,8H2,(H2,17,18,19)(H,20,21,22)/t16-/m1/s1. The minimum Gasteiger partial charge on any atom is -0.323 e. The van der Waals surface area contributed by atoms with E-state index in [1.165, 1.54) is 0 Å². The summed E-state index contributed by atoms with van der Waals surface area (Å²) < 4.78 is 42.3. The molecule has 8 heteroatoms. The second-order valence-corrected chi connectivity index (χ2v) is 9.26. The fraction of sp³-hybridized carbons (Fsp3) is 0.250. The Bertz CT molecular complexity index is 811. The van der Waals surface area contributed by atoms with Crippen molar-refractivity contribution in [3.05, 3.63) is 60.2 Å². The second-order valence-electron chi connectivity index (χ2n) is 5.51. The lowest BCUT2D eigenvalue weighted by Crippen LogP contribution is -2.20. The van der Waals surface area contributed by atoms with Gasteiger partial charge in [0.1, 0.15) is 0 Å². The number of aryl methyl sites for hydroxylation is 1. The van der Waals surface area contributed by atoms with E-state index in [2.05, 4.69) is 0 Å². The summed E-state index contributed by atoms with van der Waals surface area (Å²) in [6.07, 6.45) is 0.394. The Hall–Kier alpha value is -1.50. The Labute approximate surface area is 141 Å². The van der Waals surface area contributed by atoms with E-state index >= 15 is 0 Å². The van der Waals surface area contributed by atoms with Gasteiger partial charge in [0.15, 0.2) is 4.99 Å². The fourth-order valence-corrected chi connectivity index (χ4v) is 4.84. The highest BCUT2D eigenvalue weighted by Crippen LogP contribution is 2.46. The minimum absolute atomic E-state index is 0.236. The maximum absolute atomic E-state index is 11.2. The lowest BCUT2D eigenvalue weighted by atomic mass is 10.0. The molecule has 0 bridgehead atoms. The molecule has 24 heavy (non-hydrogen) atoms. The van der Waals surface area contributed by atoms with Crippen molar-refractivity contribution >= 4 is 17.7 Å².